The molecule has 0 unspecified atom stereocenters. The van der Waals surface area contributed by atoms with Crippen LogP contribution in [0.4, 0.5) is 0 Å². The number of benzene rings is 1. The molecule has 4 nitrogen and oxygen atoms in total. The summed E-state index contributed by atoms with van der Waals surface area (Å²) in [6.45, 7) is 0.775. The lowest BCUT2D eigenvalue weighted by Gasteiger charge is -2.56. The molecule has 0 aromatic heterocycles. The van der Waals surface area contributed by atoms with Crippen LogP contribution in [0.1, 0.15) is 69.8 Å². The van der Waals surface area contributed by atoms with E-state index in [-0.39, 0.29) is 29.2 Å². The number of carbonyl (C=O) groups excluding carboxylic acids is 2. The van der Waals surface area contributed by atoms with Gasteiger partial charge in [-0.2, -0.15) is 0 Å². The van der Waals surface area contributed by atoms with Gasteiger partial charge in [-0.15, -0.1) is 0 Å². The zero-order valence-corrected chi connectivity index (χ0v) is 17.4. The van der Waals surface area contributed by atoms with Crippen molar-refractivity contribution in [2.24, 2.45) is 23.2 Å². The maximum absolute atomic E-state index is 12.6. The second-order valence-corrected chi connectivity index (χ2v) is 10.6. The number of amides is 2. The van der Waals surface area contributed by atoms with Crippen molar-refractivity contribution >= 4 is 11.8 Å². The molecule has 4 bridgehead atoms. The van der Waals surface area contributed by atoms with Crippen LogP contribution in [0.2, 0.25) is 0 Å². The van der Waals surface area contributed by atoms with Crippen molar-refractivity contribution in [2.75, 3.05) is 13.1 Å². The van der Waals surface area contributed by atoms with Gasteiger partial charge in [-0.3, -0.25) is 9.59 Å². The summed E-state index contributed by atoms with van der Waals surface area (Å²) in [4.78, 5) is 25.0. The molecule has 156 valence electrons. The van der Waals surface area contributed by atoms with E-state index in [4.69, 9.17) is 0 Å². The number of hydrogen-bond donors (Lipinski definition) is 2. The summed E-state index contributed by atoms with van der Waals surface area (Å²) < 4.78 is 0. The Labute approximate surface area is 174 Å². The lowest BCUT2D eigenvalue weighted by molar-refractivity contribution is -0.132. The molecule has 2 amide bonds. The summed E-state index contributed by atoms with van der Waals surface area (Å²) in [7, 11) is 0. The minimum absolute atomic E-state index is 0.0638. The summed E-state index contributed by atoms with van der Waals surface area (Å²) in [5, 5.41) is 6.00. The highest BCUT2D eigenvalue weighted by molar-refractivity contribution is 5.85. The predicted octanol–water partition coefficient (Wildman–Crippen LogP) is 3.95. The van der Waals surface area contributed by atoms with Crippen LogP contribution in [0.15, 0.2) is 30.3 Å². The smallest absolute Gasteiger partial charge is 0.239 e. The van der Waals surface area contributed by atoms with Gasteiger partial charge in [0.05, 0.1) is 6.54 Å². The van der Waals surface area contributed by atoms with Crippen molar-refractivity contribution in [3.63, 3.8) is 0 Å². The van der Waals surface area contributed by atoms with E-state index in [1.54, 1.807) is 0 Å². The molecule has 0 saturated heterocycles. The third-order valence-electron chi connectivity index (χ3n) is 8.47. The molecule has 4 heteroatoms. The fraction of sp³-hybridized carbons (Fsp3) is 0.680. The minimum Gasteiger partial charge on any atom is -0.354 e. The van der Waals surface area contributed by atoms with Gasteiger partial charge in [-0.05, 0) is 80.1 Å². The van der Waals surface area contributed by atoms with E-state index in [1.165, 1.54) is 50.5 Å². The molecule has 6 rings (SSSR count). The van der Waals surface area contributed by atoms with E-state index in [2.05, 4.69) is 34.9 Å². The van der Waals surface area contributed by atoms with Crippen molar-refractivity contribution in [3.05, 3.63) is 35.9 Å². The third kappa shape index (κ3) is 3.83. The fourth-order valence-corrected chi connectivity index (χ4v) is 7.38. The maximum Gasteiger partial charge on any atom is 0.239 e. The monoisotopic (exact) mass is 394 g/mol. The Kier molecular flexibility index (Phi) is 4.92. The van der Waals surface area contributed by atoms with E-state index in [0.29, 0.717) is 13.0 Å². The SMILES string of the molecule is O=C(CNC(=O)CC12CC3CC(CC(C3)C1)C2)NCC1(c2ccccc2)CCC1. The molecule has 0 spiro atoms. The largest absolute Gasteiger partial charge is 0.354 e. The standard InChI is InChI=1S/C25H34N2O2/c28-22(15-24-12-18-9-19(13-24)11-20(10-18)14-24)26-16-23(29)27-17-25(7-4-8-25)21-5-2-1-3-6-21/h1-3,5-6,18-20H,4,7-17H2,(H,26,28)(H,27,29). The predicted molar refractivity (Wildman–Crippen MR) is 113 cm³/mol. The van der Waals surface area contributed by atoms with Gasteiger partial charge in [-0.1, -0.05) is 36.8 Å². The van der Waals surface area contributed by atoms with Crippen LogP contribution in [-0.4, -0.2) is 24.9 Å². The zero-order valence-electron chi connectivity index (χ0n) is 17.4. The van der Waals surface area contributed by atoms with Gasteiger partial charge in [-0.25, -0.2) is 0 Å². The van der Waals surface area contributed by atoms with E-state index >= 15 is 0 Å². The Morgan fingerprint density at radius 1 is 0.862 bits per heavy atom. The Morgan fingerprint density at radius 2 is 1.48 bits per heavy atom. The molecule has 0 aliphatic heterocycles. The van der Waals surface area contributed by atoms with Gasteiger partial charge in [0.1, 0.15) is 0 Å². The molecular formula is C25H34N2O2. The second-order valence-electron chi connectivity index (χ2n) is 10.6. The van der Waals surface area contributed by atoms with E-state index in [0.717, 1.165) is 30.6 Å². The van der Waals surface area contributed by atoms with Crippen LogP contribution in [0.25, 0.3) is 0 Å². The first kappa shape index (κ1) is 19.1. The summed E-state index contributed by atoms with van der Waals surface area (Å²) in [5.74, 6) is 2.58. The molecule has 1 aromatic rings. The van der Waals surface area contributed by atoms with Crippen molar-refractivity contribution in [2.45, 2.75) is 69.6 Å². The molecular weight excluding hydrogens is 360 g/mol. The first-order chi connectivity index (χ1) is 14.0. The molecule has 2 N–H and O–H groups in total. The first-order valence-corrected chi connectivity index (χ1v) is 11.6. The molecule has 0 atom stereocenters. The first-order valence-electron chi connectivity index (χ1n) is 11.6. The number of carbonyl (C=O) groups is 2. The van der Waals surface area contributed by atoms with Crippen molar-refractivity contribution < 1.29 is 9.59 Å². The molecule has 5 aliphatic carbocycles. The van der Waals surface area contributed by atoms with Crippen molar-refractivity contribution in [1.82, 2.24) is 10.6 Å². The Bertz CT molecular complexity index is 733. The summed E-state index contributed by atoms with van der Waals surface area (Å²) in [6, 6.07) is 10.5. The molecule has 0 heterocycles. The zero-order chi connectivity index (χ0) is 19.9. The van der Waals surface area contributed by atoms with E-state index in [1.807, 2.05) is 6.07 Å². The quantitative estimate of drug-likeness (QED) is 0.736. The van der Waals surface area contributed by atoms with Gasteiger partial charge >= 0.3 is 0 Å². The highest BCUT2D eigenvalue weighted by atomic mass is 16.2. The number of rotatable bonds is 7. The van der Waals surface area contributed by atoms with E-state index < -0.39 is 0 Å². The highest BCUT2D eigenvalue weighted by Crippen LogP contribution is 2.61. The third-order valence-corrected chi connectivity index (χ3v) is 8.47. The van der Waals surface area contributed by atoms with Gasteiger partial charge in [0.15, 0.2) is 0 Å². The molecule has 5 saturated carbocycles. The number of nitrogens with one attached hydrogen (secondary N) is 2. The molecule has 29 heavy (non-hydrogen) atoms. The van der Waals surface area contributed by atoms with Gasteiger partial charge in [0, 0.05) is 18.4 Å². The van der Waals surface area contributed by atoms with Gasteiger partial charge in [0.25, 0.3) is 0 Å². The van der Waals surface area contributed by atoms with Crippen LogP contribution in [0, 0.1) is 23.2 Å². The topological polar surface area (TPSA) is 58.2 Å². The van der Waals surface area contributed by atoms with E-state index in [9.17, 15) is 9.59 Å². The molecule has 5 aliphatic rings. The van der Waals surface area contributed by atoms with Crippen LogP contribution < -0.4 is 10.6 Å². The van der Waals surface area contributed by atoms with Crippen molar-refractivity contribution in [1.29, 1.82) is 0 Å². The Morgan fingerprint density at radius 3 is 2.03 bits per heavy atom. The molecule has 1 aromatic carbocycles. The lowest BCUT2D eigenvalue weighted by Crippen LogP contribution is -2.49. The Hall–Kier alpha value is -1.84. The van der Waals surface area contributed by atoms with Gasteiger partial charge < -0.3 is 10.6 Å². The van der Waals surface area contributed by atoms with Crippen LogP contribution >= 0.6 is 0 Å². The fourth-order valence-electron chi connectivity index (χ4n) is 7.38. The van der Waals surface area contributed by atoms with Crippen LogP contribution in [0.3, 0.4) is 0 Å². The summed E-state index contributed by atoms with van der Waals surface area (Å²) >= 11 is 0. The number of hydrogen-bond acceptors (Lipinski definition) is 2. The Balaban J connectivity index is 1.09. The normalized spacial score (nSPS) is 33.7. The maximum atomic E-state index is 12.6. The summed E-state index contributed by atoms with van der Waals surface area (Å²) in [5.41, 5.74) is 1.64. The van der Waals surface area contributed by atoms with Crippen LogP contribution in [-0.2, 0) is 15.0 Å². The minimum atomic E-state index is -0.0638. The average Bonchev–Trinajstić information content (AvgIpc) is 2.65. The molecule has 0 radical (unpaired) electrons. The van der Waals surface area contributed by atoms with Crippen LogP contribution in [0.5, 0.6) is 0 Å². The summed E-state index contributed by atoms with van der Waals surface area (Å²) in [6.07, 6.45) is 12.0. The van der Waals surface area contributed by atoms with Crippen molar-refractivity contribution in [3.8, 4) is 0 Å². The average molecular weight is 395 g/mol. The second kappa shape index (κ2) is 7.45. The highest BCUT2D eigenvalue weighted by Gasteiger charge is 2.51. The lowest BCUT2D eigenvalue weighted by atomic mass is 9.49. The van der Waals surface area contributed by atoms with Gasteiger partial charge in [0.2, 0.25) is 11.8 Å². The molecule has 5 fully saturated rings.